The van der Waals surface area contributed by atoms with E-state index in [2.05, 4.69) is 10.2 Å². The molecule has 0 spiro atoms. The zero-order valence-corrected chi connectivity index (χ0v) is 16.7. The van der Waals surface area contributed by atoms with Crippen LogP contribution in [0.15, 0.2) is 58.4 Å². The van der Waals surface area contributed by atoms with Gasteiger partial charge in [-0.1, -0.05) is 35.9 Å². The van der Waals surface area contributed by atoms with Gasteiger partial charge in [-0.15, -0.1) is 5.10 Å². The maximum Gasteiger partial charge on any atom is 0.369 e. The molecule has 1 amide bonds. The highest BCUT2D eigenvalue weighted by molar-refractivity contribution is 6.30. The van der Waals surface area contributed by atoms with Gasteiger partial charge in [-0.2, -0.15) is 14.5 Å². The van der Waals surface area contributed by atoms with Crippen molar-refractivity contribution in [2.24, 2.45) is 5.10 Å². The number of hydrogen-bond acceptors (Lipinski definition) is 5. The third-order valence-corrected chi connectivity index (χ3v) is 5.17. The third kappa shape index (κ3) is 3.42. The van der Waals surface area contributed by atoms with Gasteiger partial charge in [0.1, 0.15) is 0 Å². The number of hydrazone groups is 1. The van der Waals surface area contributed by atoms with E-state index in [-0.39, 0.29) is 11.9 Å². The maximum atomic E-state index is 12.1. The number of rotatable bonds is 3. The predicted octanol–water partition coefficient (Wildman–Crippen LogP) is 2.41. The van der Waals surface area contributed by atoms with Crippen LogP contribution < -0.4 is 11.5 Å². The summed E-state index contributed by atoms with van der Waals surface area (Å²) in [6, 6.07) is 14.5. The minimum Gasteiger partial charge on any atom is -0.333 e. The van der Waals surface area contributed by atoms with Gasteiger partial charge in [-0.25, -0.2) is 9.80 Å². The molecular weight excluding hydrogens is 392 g/mol. The lowest BCUT2D eigenvalue weighted by Gasteiger charge is -2.20. The number of benzene rings is 2. The average molecular weight is 411 g/mol. The van der Waals surface area contributed by atoms with E-state index in [4.69, 9.17) is 17.4 Å². The van der Waals surface area contributed by atoms with Gasteiger partial charge in [0.05, 0.1) is 17.4 Å². The number of carbonyl (C=O) groups is 1. The molecule has 0 bridgehead atoms. The molecule has 8 nitrogen and oxygen atoms in total. The Morgan fingerprint density at radius 3 is 2.34 bits per heavy atom. The lowest BCUT2D eigenvalue weighted by Crippen LogP contribution is -2.29. The molecule has 1 aliphatic heterocycles. The molecule has 3 aromatic rings. The Morgan fingerprint density at radius 1 is 1.14 bits per heavy atom. The van der Waals surface area contributed by atoms with E-state index in [1.54, 1.807) is 31.2 Å². The summed E-state index contributed by atoms with van der Waals surface area (Å²) in [6.07, 6.45) is 0.580. The molecule has 2 heterocycles. The first kappa shape index (κ1) is 18.9. The van der Waals surface area contributed by atoms with Crippen molar-refractivity contribution >= 4 is 23.2 Å². The second-order valence-corrected chi connectivity index (χ2v) is 7.28. The smallest absolute Gasteiger partial charge is 0.333 e. The minimum atomic E-state index is -0.418. The largest absolute Gasteiger partial charge is 0.369 e. The van der Waals surface area contributed by atoms with Crippen LogP contribution in [0, 0.1) is 6.92 Å². The fourth-order valence-corrected chi connectivity index (χ4v) is 3.48. The first-order chi connectivity index (χ1) is 13.8. The number of aryl methyl sites for hydroxylation is 1. The van der Waals surface area contributed by atoms with Gasteiger partial charge in [-0.3, -0.25) is 4.79 Å². The summed E-state index contributed by atoms with van der Waals surface area (Å²) in [4.78, 5) is 24.3. The summed E-state index contributed by atoms with van der Waals surface area (Å²) < 4.78 is 2.24. The molecule has 29 heavy (non-hydrogen) atoms. The molecule has 2 N–H and O–H groups in total. The topological polar surface area (TPSA) is 98.5 Å². The molecular formula is C20H19ClN6O2. The molecule has 1 atom stereocenters. The maximum absolute atomic E-state index is 12.1. The Labute approximate surface area is 171 Å². The van der Waals surface area contributed by atoms with Crippen molar-refractivity contribution in [2.75, 3.05) is 5.84 Å². The Kier molecular flexibility index (Phi) is 4.71. The molecule has 9 heteroatoms. The van der Waals surface area contributed by atoms with Gasteiger partial charge in [0.25, 0.3) is 0 Å². The van der Waals surface area contributed by atoms with Gasteiger partial charge in [0, 0.05) is 18.4 Å². The van der Waals surface area contributed by atoms with Crippen LogP contribution in [0.5, 0.6) is 0 Å². The number of halogens is 1. The van der Waals surface area contributed by atoms with E-state index in [0.717, 1.165) is 21.5 Å². The fourth-order valence-electron chi connectivity index (χ4n) is 3.36. The molecule has 0 aliphatic carbocycles. The second kappa shape index (κ2) is 7.21. The van der Waals surface area contributed by atoms with Gasteiger partial charge in [0.2, 0.25) is 5.91 Å². The second-order valence-electron chi connectivity index (χ2n) is 6.84. The van der Waals surface area contributed by atoms with Crippen LogP contribution in [0.2, 0.25) is 5.02 Å². The Balaban J connectivity index is 1.63. The summed E-state index contributed by atoms with van der Waals surface area (Å²) in [5.41, 5.74) is 2.81. The summed E-state index contributed by atoms with van der Waals surface area (Å²) >= 11 is 5.98. The lowest BCUT2D eigenvalue weighted by molar-refractivity contribution is -0.130. The summed E-state index contributed by atoms with van der Waals surface area (Å²) in [6.45, 7) is 3.16. The van der Waals surface area contributed by atoms with Crippen molar-refractivity contribution < 1.29 is 4.79 Å². The summed E-state index contributed by atoms with van der Waals surface area (Å²) in [5, 5.41) is 10.8. The van der Waals surface area contributed by atoms with Gasteiger partial charge in [0.15, 0.2) is 5.82 Å². The van der Waals surface area contributed by atoms with Crippen molar-refractivity contribution in [2.45, 2.75) is 26.3 Å². The zero-order valence-electron chi connectivity index (χ0n) is 15.9. The molecule has 0 radical (unpaired) electrons. The highest BCUT2D eigenvalue weighted by Gasteiger charge is 2.31. The number of nitrogen functional groups attached to an aromatic ring is 1. The molecule has 0 fully saturated rings. The van der Waals surface area contributed by atoms with E-state index in [1.165, 1.54) is 16.6 Å². The Morgan fingerprint density at radius 2 is 1.79 bits per heavy atom. The Hall–Kier alpha value is -3.39. The first-order valence-corrected chi connectivity index (χ1v) is 9.40. The quantitative estimate of drug-likeness (QED) is 0.670. The number of carbonyl (C=O) groups excluding carboxylic acids is 1. The molecule has 4 rings (SSSR count). The molecule has 148 valence electrons. The standard InChI is InChI=1S/C20H19ClN6O2/c1-12-23-27(20(29)25(12)22)17-9-5-14(6-10-17)18-11-19(26(24-18)13(2)28)15-3-7-16(21)8-4-15/h3-10,19H,11,22H2,1-2H3. The third-order valence-electron chi connectivity index (χ3n) is 4.91. The van der Waals surface area contributed by atoms with E-state index < -0.39 is 5.69 Å². The van der Waals surface area contributed by atoms with Crippen LogP contribution in [-0.4, -0.2) is 31.1 Å². The van der Waals surface area contributed by atoms with Crippen LogP contribution in [0.4, 0.5) is 0 Å². The zero-order chi connectivity index (χ0) is 20.7. The van der Waals surface area contributed by atoms with Gasteiger partial charge >= 0.3 is 5.69 Å². The molecule has 1 aromatic heterocycles. The van der Waals surface area contributed by atoms with Gasteiger partial charge in [-0.05, 0) is 42.3 Å². The number of aromatic nitrogens is 3. The molecule has 0 saturated carbocycles. The van der Waals surface area contributed by atoms with Gasteiger partial charge < -0.3 is 5.84 Å². The molecule has 2 aromatic carbocycles. The molecule has 0 saturated heterocycles. The summed E-state index contributed by atoms with van der Waals surface area (Å²) in [5.74, 6) is 5.94. The van der Waals surface area contributed by atoms with Crippen molar-refractivity contribution in [3.8, 4) is 5.69 Å². The van der Waals surface area contributed by atoms with Crippen LogP contribution in [0.1, 0.15) is 36.3 Å². The van der Waals surface area contributed by atoms with E-state index in [0.29, 0.717) is 23.0 Å². The van der Waals surface area contributed by atoms with E-state index >= 15 is 0 Å². The van der Waals surface area contributed by atoms with Crippen LogP contribution in [0.25, 0.3) is 5.69 Å². The Bertz CT molecular complexity index is 1160. The minimum absolute atomic E-state index is 0.132. The summed E-state index contributed by atoms with van der Waals surface area (Å²) in [7, 11) is 0. The number of nitrogens with zero attached hydrogens (tertiary/aromatic N) is 5. The number of amides is 1. The fraction of sp³-hybridized carbons (Fsp3) is 0.200. The van der Waals surface area contributed by atoms with E-state index in [1.807, 2.05) is 24.3 Å². The van der Waals surface area contributed by atoms with Crippen molar-refractivity contribution in [1.29, 1.82) is 0 Å². The van der Waals surface area contributed by atoms with Crippen LogP contribution in [-0.2, 0) is 4.79 Å². The van der Waals surface area contributed by atoms with E-state index in [9.17, 15) is 9.59 Å². The normalized spacial score (nSPS) is 16.2. The number of hydrogen-bond donors (Lipinski definition) is 1. The first-order valence-electron chi connectivity index (χ1n) is 9.02. The van der Waals surface area contributed by atoms with Crippen molar-refractivity contribution in [3.63, 3.8) is 0 Å². The van der Waals surface area contributed by atoms with Crippen molar-refractivity contribution in [1.82, 2.24) is 19.5 Å². The SMILES string of the molecule is CC(=O)N1N=C(c2ccc(-n3nc(C)n(N)c3=O)cc2)CC1c1ccc(Cl)cc1. The van der Waals surface area contributed by atoms with Crippen LogP contribution in [0.3, 0.4) is 0 Å². The monoisotopic (exact) mass is 410 g/mol. The highest BCUT2D eigenvalue weighted by atomic mass is 35.5. The van der Waals surface area contributed by atoms with Crippen LogP contribution >= 0.6 is 11.6 Å². The predicted molar refractivity (Wildman–Crippen MR) is 111 cm³/mol. The lowest BCUT2D eigenvalue weighted by atomic mass is 9.98. The molecule has 1 unspecified atom stereocenters. The molecule has 1 aliphatic rings. The highest BCUT2D eigenvalue weighted by Crippen LogP contribution is 2.33. The average Bonchev–Trinajstić information content (AvgIpc) is 3.27. The van der Waals surface area contributed by atoms with Crippen molar-refractivity contribution in [3.05, 3.63) is 81.0 Å². The number of nitrogens with two attached hydrogens (primary N) is 1.